The minimum Gasteiger partial charge on any atom is -0.462 e. The molecule has 2 fully saturated rings. The molecule has 47 heavy (non-hydrogen) atoms. The van der Waals surface area contributed by atoms with Gasteiger partial charge in [-0.05, 0) is 62.7 Å². The fourth-order valence-corrected chi connectivity index (χ4v) is 6.31. The molecule has 6 atom stereocenters. The number of hydrogen-bond donors (Lipinski definition) is 3. The van der Waals surface area contributed by atoms with E-state index in [1.54, 1.807) is 0 Å². The number of carbonyl (C=O) groups excluding carboxylic acids is 1. The summed E-state index contributed by atoms with van der Waals surface area (Å²) in [6.45, 7) is 1.25. The smallest absolute Gasteiger partial charge is 0.426 e. The molecule has 0 aromatic rings. The molecule has 23 heteroatoms. The van der Waals surface area contributed by atoms with Gasteiger partial charge >= 0.3 is 43.0 Å². The van der Waals surface area contributed by atoms with Gasteiger partial charge in [-0.15, -0.1) is 0 Å². The van der Waals surface area contributed by atoms with Crippen LogP contribution in [0.2, 0.25) is 0 Å². The van der Waals surface area contributed by atoms with Crippen LogP contribution >= 0.6 is 0 Å². The van der Waals surface area contributed by atoms with Crippen LogP contribution in [0.5, 0.6) is 0 Å². The molecule has 0 saturated heterocycles. The lowest BCUT2D eigenvalue weighted by molar-refractivity contribution is -0.381. The Morgan fingerprint density at radius 2 is 0.936 bits per heavy atom. The first-order valence-electron chi connectivity index (χ1n) is 13.2. The molecular weight excluding hydrogens is 710 g/mol. The van der Waals surface area contributed by atoms with Gasteiger partial charge in [-0.1, -0.05) is 6.92 Å². The van der Waals surface area contributed by atoms with Gasteiger partial charge in [-0.3, -0.25) is 4.79 Å². The van der Waals surface area contributed by atoms with Gasteiger partial charge in [0.15, 0.2) is 0 Å². The van der Waals surface area contributed by atoms with Gasteiger partial charge in [0.1, 0.15) is 6.10 Å². The van der Waals surface area contributed by atoms with Crippen molar-refractivity contribution in [2.45, 2.75) is 112 Å². The lowest BCUT2D eigenvalue weighted by atomic mass is 9.68. The van der Waals surface area contributed by atoms with Gasteiger partial charge in [0.05, 0.1) is 5.41 Å². The predicted molar refractivity (Wildman–Crippen MR) is 117 cm³/mol. The van der Waals surface area contributed by atoms with E-state index in [1.165, 1.54) is 0 Å². The molecule has 0 spiro atoms. The summed E-state index contributed by atoms with van der Waals surface area (Å²) in [5, 5.41) is 28.9. The normalized spacial score (nSPS) is 26.8. The van der Waals surface area contributed by atoms with E-state index in [1.807, 2.05) is 0 Å². The molecule has 2 rings (SSSR count). The Balaban J connectivity index is 2.59. The second-order valence-electron chi connectivity index (χ2n) is 12.2. The first kappa shape index (κ1) is 41.3. The first-order chi connectivity index (χ1) is 20.4. The Kier molecular flexibility index (Phi) is 10.4. The van der Waals surface area contributed by atoms with E-state index >= 15 is 0 Å². The molecule has 0 amide bonds. The zero-order valence-electron chi connectivity index (χ0n) is 23.6. The Morgan fingerprint density at radius 1 is 0.596 bits per heavy atom. The van der Waals surface area contributed by atoms with Gasteiger partial charge in [0.2, 0.25) is 0 Å². The SMILES string of the molecule is CCC(C)(CC(O)(C(F)(F)F)C(F)(F)F)C(=O)OC1CC2CC1C(CC(O)(C(F)(F)F)C(F)(F)F)C2CC(O)(C(F)(F)F)C(F)(F)F. The molecule has 0 aliphatic heterocycles. The molecule has 2 aliphatic rings. The van der Waals surface area contributed by atoms with E-state index in [-0.39, 0.29) is 0 Å². The summed E-state index contributed by atoms with van der Waals surface area (Å²) in [5.74, 6) is -11.1. The zero-order valence-corrected chi connectivity index (χ0v) is 23.6. The molecule has 6 unspecified atom stereocenters. The van der Waals surface area contributed by atoms with Crippen molar-refractivity contribution in [2.75, 3.05) is 0 Å². The van der Waals surface area contributed by atoms with E-state index in [0.29, 0.717) is 6.92 Å². The van der Waals surface area contributed by atoms with E-state index in [9.17, 15) is 99.1 Å². The molecule has 0 heterocycles. The monoisotopic (exact) mass is 736 g/mol. The van der Waals surface area contributed by atoms with Crippen LogP contribution in [0.3, 0.4) is 0 Å². The van der Waals surface area contributed by atoms with Crippen LogP contribution in [0.25, 0.3) is 0 Å². The third-order valence-corrected chi connectivity index (χ3v) is 9.35. The molecule has 0 radical (unpaired) electrons. The van der Waals surface area contributed by atoms with Crippen molar-refractivity contribution in [3.8, 4) is 0 Å². The van der Waals surface area contributed by atoms with Crippen molar-refractivity contribution in [1.82, 2.24) is 0 Å². The zero-order chi connectivity index (χ0) is 37.4. The van der Waals surface area contributed by atoms with E-state index in [0.717, 1.165) is 6.92 Å². The third-order valence-electron chi connectivity index (χ3n) is 9.35. The van der Waals surface area contributed by atoms with Crippen molar-refractivity contribution in [1.29, 1.82) is 0 Å². The van der Waals surface area contributed by atoms with Gasteiger partial charge in [-0.2, -0.15) is 79.0 Å². The summed E-state index contributed by atoms with van der Waals surface area (Å²) in [6.07, 6.45) is -52.1. The fraction of sp³-hybridized carbons (Fsp3) is 0.958. The molecule has 278 valence electrons. The second kappa shape index (κ2) is 11.9. The summed E-state index contributed by atoms with van der Waals surface area (Å²) in [5.41, 5.74) is -20.0. The number of aliphatic hydroxyl groups is 3. The minimum absolute atomic E-state index is 0.421. The molecule has 3 N–H and O–H groups in total. The molecule has 2 aliphatic carbocycles. The summed E-state index contributed by atoms with van der Waals surface area (Å²) < 4.78 is 246. The fourth-order valence-electron chi connectivity index (χ4n) is 6.31. The molecule has 2 saturated carbocycles. The van der Waals surface area contributed by atoms with Crippen LogP contribution < -0.4 is 0 Å². The highest BCUT2D eigenvalue weighted by atomic mass is 19.4. The summed E-state index contributed by atoms with van der Waals surface area (Å²) in [6, 6.07) is 0. The number of carbonyl (C=O) groups is 1. The number of esters is 1. The standard InChI is InChI=1S/C24H26F18O5/c1-3-15(2,8-18(46,23(37,38)39)24(40,41)42)14(43)47-13-5-9-4-10(13)12(7-17(45,21(31,32)33)22(34,35)36)11(9)6-16(44,19(25,26)27)20(28,29)30/h9-13,44-46H,3-8H2,1-2H3. The van der Waals surface area contributed by atoms with Crippen LogP contribution in [-0.4, -0.2) is 81.3 Å². The van der Waals surface area contributed by atoms with Crippen LogP contribution in [-0.2, 0) is 9.53 Å². The molecule has 5 nitrogen and oxygen atoms in total. The Morgan fingerprint density at radius 3 is 1.26 bits per heavy atom. The largest absolute Gasteiger partial charge is 0.462 e. The maximum absolute atomic E-state index is 13.5. The summed E-state index contributed by atoms with van der Waals surface area (Å²) in [7, 11) is 0. The lowest BCUT2D eigenvalue weighted by Crippen LogP contribution is -2.61. The van der Waals surface area contributed by atoms with E-state index in [4.69, 9.17) is 4.74 Å². The Hall–Kier alpha value is -1.91. The van der Waals surface area contributed by atoms with Gasteiger partial charge in [0.25, 0.3) is 16.8 Å². The number of rotatable bonds is 9. The van der Waals surface area contributed by atoms with Crippen molar-refractivity contribution in [3.05, 3.63) is 0 Å². The van der Waals surface area contributed by atoms with Crippen LogP contribution in [0, 0.1) is 29.1 Å². The molecule has 2 bridgehead atoms. The number of hydrogen-bond acceptors (Lipinski definition) is 5. The van der Waals surface area contributed by atoms with Gasteiger partial charge in [-0.25, -0.2) is 0 Å². The second-order valence-corrected chi connectivity index (χ2v) is 12.2. The van der Waals surface area contributed by atoms with Crippen LogP contribution in [0.15, 0.2) is 0 Å². The minimum atomic E-state index is -6.66. The number of ether oxygens (including phenoxy) is 1. The summed E-state index contributed by atoms with van der Waals surface area (Å²) >= 11 is 0. The van der Waals surface area contributed by atoms with Gasteiger partial charge < -0.3 is 20.1 Å². The quantitative estimate of drug-likeness (QED) is 0.171. The van der Waals surface area contributed by atoms with Crippen molar-refractivity contribution in [2.24, 2.45) is 29.1 Å². The van der Waals surface area contributed by atoms with Crippen molar-refractivity contribution < 1.29 is 104 Å². The summed E-state index contributed by atoms with van der Waals surface area (Å²) in [4.78, 5) is 12.9. The number of alkyl halides is 18. The highest BCUT2D eigenvalue weighted by molar-refractivity contribution is 5.76. The maximum atomic E-state index is 13.5. The van der Waals surface area contributed by atoms with Crippen LogP contribution in [0.1, 0.15) is 52.4 Å². The molecule has 0 aromatic heterocycles. The lowest BCUT2D eigenvalue weighted by Gasteiger charge is -2.44. The van der Waals surface area contributed by atoms with Crippen molar-refractivity contribution in [3.63, 3.8) is 0 Å². The predicted octanol–water partition coefficient (Wildman–Crippen LogP) is 7.32. The van der Waals surface area contributed by atoms with Crippen LogP contribution in [0.4, 0.5) is 79.0 Å². The first-order valence-corrected chi connectivity index (χ1v) is 13.2. The highest BCUT2D eigenvalue weighted by Gasteiger charge is 2.76. The maximum Gasteiger partial charge on any atom is 0.426 e. The average molecular weight is 736 g/mol. The topological polar surface area (TPSA) is 87.0 Å². The van der Waals surface area contributed by atoms with E-state index < -0.39 is 134 Å². The Labute approximate surface area is 252 Å². The number of halogens is 18. The van der Waals surface area contributed by atoms with Crippen molar-refractivity contribution >= 4 is 5.97 Å². The molecular formula is C24H26F18O5. The molecule has 0 aromatic carbocycles. The highest BCUT2D eigenvalue weighted by Crippen LogP contribution is 2.62. The van der Waals surface area contributed by atoms with E-state index in [2.05, 4.69) is 0 Å². The van der Waals surface area contributed by atoms with Gasteiger partial charge in [0, 0.05) is 6.42 Å². The number of fused-ring (bicyclic) bond motifs is 2. The Bertz CT molecular complexity index is 1090. The average Bonchev–Trinajstić information content (AvgIpc) is 3.37. The third kappa shape index (κ3) is 7.07.